The van der Waals surface area contributed by atoms with E-state index in [0.717, 1.165) is 12.8 Å². The summed E-state index contributed by atoms with van der Waals surface area (Å²) in [6.07, 6.45) is 0.801. The van der Waals surface area contributed by atoms with Gasteiger partial charge >= 0.3 is 5.97 Å². The largest absolute Gasteiger partial charge is 0.481 e. The highest BCUT2D eigenvalue weighted by molar-refractivity contribution is 5.82. The number of rotatable bonds is 5. The maximum atomic E-state index is 12.9. The van der Waals surface area contributed by atoms with Crippen LogP contribution in [0.2, 0.25) is 0 Å². The predicted molar refractivity (Wildman–Crippen MR) is 82.4 cm³/mol. The molecule has 1 fully saturated rings. The van der Waals surface area contributed by atoms with Crippen molar-refractivity contribution in [2.24, 2.45) is 5.92 Å². The number of benzene rings is 1. The molecule has 0 aliphatic carbocycles. The Morgan fingerprint density at radius 1 is 1.35 bits per heavy atom. The van der Waals surface area contributed by atoms with Crippen LogP contribution in [-0.4, -0.2) is 42.6 Å². The lowest BCUT2D eigenvalue weighted by molar-refractivity contribution is -0.152. The monoisotopic (exact) mass is 323 g/mol. The molecule has 0 spiro atoms. The van der Waals surface area contributed by atoms with E-state index >= 15 is 0 Å². The smallest absolute Gasteiger partial charge is 0.310 e. The molecule has 126 valence electrons. The summed E-state index contributed by atoms with van der Waals surface area (Å²) in [5.74, 6) is -0.623. The average Bonchev–Trinajstić information content (AvgIpc) is 2.56. The van der Waals surface area contributed by atoms with E-state index in [4.69, 9.17) is 9.47 Å². The fourth-order valence-electron chi connectivity index (χ4n) is 2.65. The zero-order valence-corrected chi connectivity index (χ0v) is 13.5. The third kappa shape index (κ3) is 4.68. The van der Waals surface area contributed by atoms with Gasteiger partial charge in [-0.25, -0.2) is 4.39 Å². The van der Waals surface area contributed by atoms with Crippen LogP contribution in [0.3, 0.4) is 0 Å². The number of esters is 1. The number of nitrogens with zero attached hydrogens (tertiary/aromatic N) is 1. The van der Waals surface area contributed by atoms with E-state index in [1.165, 1.54) is 24.3 Å². The van der Waals surface area contributed by atoms with Crippen LogP contribution in [0.5, 0.6) is 5.75 Å². The van der Waals surface area contributed by atoms with Gasteiger partial charge in [0.15, 0.2) is 6.10 Å². The molecule has 2 atom stereocenters. The number of hydrogen-bond donors (Lipinski definition) is 0. The Labute approximate surface area is 135 Å². The fraction of sp³-hybridized carbons (Fsp3) is 0.529. The van der Waals surface area contributed by atoms with Gasteiger partial charge in [0.1, 0.15) is 11.6 Å². The van der Waals surface area contributed by atoms with Crippen LogP contribution in [0.1, 0.15) is 26.7 Å². The van der Waals surface area contributed by atoms with Gasteiger partial charge in [-0.3, -0.25) is 9.59 Å². The van der Waals surface area contributed by atoms with Crippen LogP contribution in [0.25, 0.3) is 0 Å². The number of amides is 1. The molecular weight excluding hydrogens is 301 g/mol. The van der Waals surface area contributed by atoms with Gasteiger partial charge in [-0.15, -0.1) is 0 Å². The maximum absolute atomic E-state index is 12.9. The first kappa shape index (κ1) is 17.2. The van der Waals surface area contributed by atoms with Crippen LogP contribution in [0.15, 0.2) is 24.3 Å². The number of likely N-dealkylation sites (tertiary alicyclic amines) is 1. The average molecular weight is 323 g/mol. The first-order valence-electron chi connectivity index (χ1n) is 7.89. The minimum atomic E-state index is -0.693. The van der Waals surface area contributed by atoms with Gasteiger partial charge < -0.3 is 14.4 Å². The van der Waals surface area contributed by atoms with Crippen molar-refractivity contribution in [3.63, 3.8) is 0 Å². The zero-order chi connectivity index (χ0) is 16.8. The molecule has 2 unspecified atom stereocenters. The second-order valence-electron chi connectivity index (χ2n) is 5.59. The highest BCUT2D eigenvalue weighted by atomic mass is 19.1. The molecule has 2 rings (SSSR count). The predicted octanol–water partition coefficient (Wildman–Crippen LogP) is 2.39. The van der Waals surface area contributed by atoms with Gasteiger partial charge in [-0.1, -0.05) is 0 Å². The van der Waals surface area contributed by atoms with Crippen molar-refractivity contribution in [2.45, 2.75) is 32.8 Å². The number of piperidine rings is 1. The third-order valence-electron chi connectivity index (χ3n) is 3.83. The van der Waals surface area contributed by atoms with Crippen molar-refractivity contribution in [3.05, 3.63) is 30.1 Å². The molecule has 1 aliphatic rings. The van der Waals surface area contributed by atoms with Crippen LogP contribution in [-0.2, 0) is 14.3 Å². The number of halogens is 1. The van der Waals surface area contributed by atoms with E-state index in [1.807, 2.05) is 0 Å². The summed E-state index contributed by atoms with van der Waals surface area (Å²) in [4.78, 5) is 25.9. The summed E-state index contributed by atoms with van der Waals surface area (Å²) < 4.78 is 23.5. The van der Waals surface area contributed by atoms with E-state index in [9.17, 15) is 14.0 Å². The van der Waals surface area contributed by atoms with Gasteiger partial charge in [-0.2, -0.15) is 0 Å². The number of carbonyl (C=O) groups is 2. The first-order valence-corrected chi connectivity index (χ1v) is 7.89. The Kier molecular flexibility index (Phi) is 5.96. The number of carbonyl (C=O) groups excluding carboxylic acids is 2. The highest BCUT2D eigenvalue weighted by Crippen LogP contribution is 2.20. The van der Waals surface area contributed by atoms with Crippen molar-refractivity contribution >= 4 is 11.9 Å². The molecule has 1 aliphatic heterocycles. The fourth-order valence-corrected chi connectivity index (χ4v) is 2.65. The molecule has 1 heterocycles. The van der Waals surface area contributed by atoms with E-state index in [-0.39, 0.29) is 23.6 Å². The lowest BCUT2D eigenvalue weighted by Crippen LogP contribution is -2.47. The van der Waals surface area contributed by atoms with Gasteiger partial charge in [0, 0.05) is 13.1 Å². The lowest BCUT2D eigenvalue weighted by atomic mass is 9.98. The molecule has 0 N–H and O–H groups in total. The maximum Gasteiger partial charge on any atom is 0.310 e. The minimum absolute atomic E-state index is 0.177. The van der Waals surface area contributed by atoms with Crippen molar-refractivity contribution in [3.8, 4) is 5.75 Å². The molecule has 0 aromatic heterocycles. The molecule has 1 aromatic rings. The van der Waals surface area contributed by atoms with E-state index in [0.29, 0.717) is 25.4 Å². The van der Waals surface area contributed by atoms with Gasteiger partial charge in [0.05, 0.1) is 12.5 Å². The molecule has 0 saturated carbocycles. The summed E-state index contributed by atoms with van der Waals surface area (Å²) >= 11 is 0. The summed E-state index contributed by atoms with van der Waals surface area (Å²) in [6.45, 7) is 4.72. The molecule has 0 radical (unpaired) electrons. The van der Waals surface area contributed by atoms with Crippen LogP contribution < -0.4 is 4.74 Å². The minimum Gasteiger partial charge on any atom is -0.481 e. The SMILES string of the molecule is CCOC(=O)C1CCCN(C(=O)C(C)Oc2ccc(F)cc2)C1. The van der Waals surface area contributed by atoms with Crippen molar-refractivity contribution in [1.29, 1.82) is 0 Å². The summed E-state index contributed by atoms with van der Waals surface area (Å²) in [5, 5.41) is 0. The molecule has 23 heavy (non-hydrogen) atoms. The first-order chi connectivity index (χ1) is 11.0. The summed E-state index contributed by atoms with van der Waals surface area (Å²) in [5.41, 5.74) is 0. The molecular formula is C17H22FNO4. The quantitative estimate of drug-likeness (QED) is 0.781. The Morgan fingerprint density at radius 2 is 2.04 bits per heavy atom. The van der Waals surface area contributed by atoms with Crippen molar-refractivity contribution < 1.29 is 23.5 Å². The Morgan fingerprint density at radius 3 is 2.70 bits per heavy atom. The normalized spacial score (nSPS) is 19.1. The zero-order valence-electron chi connectivity index (χ0n) is 13.5. The van der Waals surface area contributed by atoms with Crippen LogP contribution in [0.4, 0.5) is 4.39 Å². The van der Waals surface area contributed by atoms with Crippen molar-refractivity contribution in [2.75, 3.05) is 19.7 Å². The molecule has 1 amide bonds. The van der Waals surface area contributed by atoms with Gasteiger partial charge in [0.2, 0.25) is 0 Å². The number of ether oxygens (including phenoxy) is 2. The third-order valence-corrected chi connectivity index (χ3v) is 3.83. The Hall–Kier alpha value is -2.11. The molecule has 1 saturated heterocycles. The van der Waals surface area contributed by atoms with Gasteiger partial charge in [-0.05, 0) is 51.0 Å². The molecule has 1 aromatic carbocycles. The van der Waals surface area contributed by atoms with Crippen LogP contribution >= 0.6 is 0 Å². The van der Waals surface area contributed by atoms with E-state index in [2.05, 4.69) is 0 Å². The van der Waals surface area contributed by atoms with Gasteiger partial charge in [0.25, 0.3) is 5.91 Å². The summed E-state index contributed by atoms with van der Waals surface area (Å²) in [7, 11) is 0. The molecule has 0 bridgehead atoms. The lowest BCUT2D eigenvalue weighted by Gasteiger charge is -2.33. The Bertz CT molecular complexity index is 546. The molecule has 6 heteroatoms. The highest BCUT2D eigenvalue weighted by Gasteiger charge is 2.31. The van der Waals surface area contributed by atoms with Crippen LogP contribution in [0, 0.1) is 11.7 Å². The second kappa shape index (κ2) is 7.94. The molecule has 5 nitrogen and oxygen atoms in total. The second-order valence-corrected chi connectivity index (χ2v) is 5.59. The standard InChI is InChI=1S/C17H22FNO4/c1-3-22-17(21)13-5-4-10-19(11-13)16(20)12(2)23-15-8-6-14(18)7-9-15/h6-9,12-13H,3-5,10-11H2,1-2H3. The topological polar surface area (TPSA) is 55.8 Å². The van der Waals surface area contributed by atoms with E-state index in [1.54, 1.807) is 18.7 Å². The number of hydrogen-bond acceptors (Lipinski definition) is 4. The van der Waals surface area contributed by atoms with Crippen molar-refractivity contribution in [1.82, 2.24) is 4.90 Å². The summed E-state index contributed by atoms with van der Waals surface area (Å²) in [6, 6.07) is 5.53. The Balaban J connectivity index is 1.93. The van der Waals surface area contributed by atoms with E-state index < -0.39 is 6.10 Å².